The summed E-state index contributed by atoms with van der Waals surface area (Å²) >= 11 is 0. The molecule has 3 N–H and O–H groups in total. The number of amides is 1. The highest BCUT2D eigenvalue weighted by Gasteiger charge is 2.48. The molecule has 7 heteroatoms. The van der Waals surface area contributed by atoms with Crippen LogP contribution in [-0.4, -0.2) is 45.0 Å². The van der Waals surface area contributed by atoms with Crippen LogP contribution >= 0.6 is 11.0 Å². The summed E-state index contributed by atoms with van der Waals surface area (Å²) in [4.78, 5) is 12.9. The molecular formula is C22H33N3O3S. The number of aryl methyl sites for hydroxylation is 1. The van der Waals surface area contributed by atoms with Crippen LogP contribution in [0, 0.1) is 30.6 Å². The molecule has 29 heavy (non-hydrogen) atoms. The van der Waals surface area contributed by atoms with Crippen molar-refractivity contribution in [3.8, 4) is 0 Å². The molecule has 0 spiro atoms. The zero-order chi connectivity index (χ0) is 20.2. The maximum absolute atomic E-state index is 12.9. The van der Waals surface area contributed by atoms with Crippen LogP contribution in [0.4, 0.5) is 5.69 Å². The molecule has 4 saturated carbocycles. The fraction of sp³-hybridized carbons (Fsp3) is 0.682. The van der Waals surface area contributed by atoms with Gasteiger partial charge in [0.05, 0.1) is 12.2 Å². The lowest BCUT2D eigenvalue weighted by atomic mass is 9.54. The Kier molecular flexibility index (Phi) is 5.05. The molecule has 6 nitrogen and oxygen atoms in total. The predicted octanol–water partition coefficient (Wildman–Crippen LogP) is 4.03. The van der Waals surface area contributed by atoms with Gasteiger partial charge in [-0.1, -0.05) is 28.7 Å². The molecule has 0 aromatic heterocycles. The maximum Gasteiger partial charge on any atom is 0.236 e. The topological polar surface area (TPSA) is 76.0 Å². The quantitative estimate of drug-likeness (QED) is 0.687. The molecule has 1 aliphatic heterocycles. The second-order valence-electron chi connectivity index (χ2n) is 9.67. The van der Waals surface area contributed by atoms with E-state index in [0.717, 1.165) is 29.5 Å². The smallest absolute Gasteiger partial charge is 0.236 e. The highest BCUT2D eigenvalue weighted by Crippen LogP contribution is 2.54. The van der Waals surface area contributed by atoms with Gasteiger partial charge in [0.25, 0.3) is 0 Å². The minimum Gasteiger partial charge on any atom is -0.352 e. The third-order valence-electron chi connectivity index (χ3n) is 7.61. The number of anilines is 1. The molecule has 5 fully saturated rings. The van der Waals surface area contributed by atoms with E-state index >= 15 is 0 Å². The van der Waals surface area contributed by atoms with Crippen LogP contribution in [-0.2, 0) is 4.79 Å². The van der Waals surface area contributed by atoms with E-state index in [4.69, 9.17) is 0 Å². The Balaban J connectivity index is 1.25. The molecule has 1 heterocycles. The Labute approximate surface area is 175 Å². The Morgan fingerprint density at radius 3 is 2.28 bits per heavy atom. The van der Waals surface area contributed by atoms with E-state index in [9.17, 15) is 13.9 Å². The molecule has 4 bridgehead atoms. The maximum atomic E-state index is 12.9. The van der Waals surface area contributed by atoms with E-state index in [1.807, 2.05) is 31.2 Å². The lowest BCUT2D eigenvalue weighted by Gasteiger charge is -2.55. The minimum absolute atomic E-state index is 0.0491. The van der Waals surface area contributed by atoms with E-state index in [1.165, 1.54) is 32.1 Å². The average molecular weight is 420 g/mol. The number of carbonyl (C=O) groups is 1. The third-order valence-corrected chi connectivity index (χ3v) is 9.60. The fourth-order valence-corrected chi connectivity index (χ4v) is 8.20. The summed E-state index contributed by atoms with van der Waals surface area (Å²) in [5, 5.41) is 3.30. The molecular weight excluding hydrogens is 386 g/mol. The average Bonchev–Trinajstić information content (AvgIpc) is 2.66. The van der Waals surface area contributed by atoms with Crippen LogP contribution in [0.25, 0.3) is 0 Å². The molecule has 0 radical (unpaired) electrons. The second kappa shape index (κ2) is 7.45. The first kappa shape index (κ1) is 19.7. The Bertz CT molecular complexity index is 741. The molecule has 6 rings (SSSR count). The zero-order valence-corrected chi connectivity index (χ0v) is 18.0. The van der Waals surface area contributed by atoms with Crippen LogP contribution in [0.15, 0.2) is 24.3 Å². The van der Waals surface area contributed by atoms with Crippen molar-refractivity contribution in [2.75, 3.05) is 23.9 Å². The van der Waals surface area contributed by atoms with Gasteiger partial charge in [-0.25, -0.2) is 0 Å². The number of hydrogen-bond donors (Lipinski definition) is 3. The summed E-state index contributed by atoms with van der Waals surface area (Å²) in [6.45, 7) is 3.17. The molecule has 1 saturated heterocycles. The highest BCUT2D eigenvalue weighted by molar-refractivity contribution is 8.23. The van der Waals surface area contributed by atoms with Gasteiger partial charge in [0.2, 0.25) is 5.91 Å². The minimum atomic E-state index is -3.18. The van der Waals surface area contributed by atoms with Crippen LogP contribution < -0.4 is 9.62 Å². The zero-order valence-electron chi connectivity index (χ0n) is 17.2. The Morgan fingerprint density at radius 2 is 1.66 bits per heavy atom. The molecule has 0 atom stereocenters. The molecule has 4 aliphatic carbocycles. The first-order valence-electron chi connectivity index (χ1n) is 11.1. The van der Waals surface area contributed by atoms with Gasteiger partial charge < -0.3 is 5.32 Å². The van der Waals surface area contributed by atoms with Crippen molar-refractivity contribution >= 4 is 22.6 Å². The standard InChI is InChI=1S/C22H33N3O3S/c1-15-3-5-20(6-4-15)25-8-2-7-24(29(25,27)28)14-21(26)23-22-18-10-16-9-17(12-18)13-19(22)11-16/h3-6,16-19,22,27-28H,2,7-14H2,1H3,(H,23,26). The summed E-state index contributed by atoms with van der Waals surface area (Å²) in [6.07, 6.45) is 7.25. The van der Waals surface area contributed by atoms with Gasteiger partial charge in [-0.15, -0.1) is 0 Å². The number of hydrogen-bond acceptors (Lipinski definition) is 5. The van der Waals surface area contributed by atoms with Crippen molar-refractivity contribution in [3.05, 3.63) is 29.8 Å². The van der Waals surface area contributed by atoms with E-state index < -0.39 is 11.0 Å². The van der Waals surface area contributed by atoms with Gasteiger partial charge in [-0.05, 0) is 81.3 Å². The first-order valence-corrected chi connectivity index (χ1v) is 12.5. The van der Waals surface area contributed by atoms with Crippen LogP contribution in [0.5, 0.6) is 0 Å². The number of rotatable bonds is 4. The number of nitrogens with zero attached hydrogens (tertiary/aromatic N) is 2. The highest BCUT2D eigenvalue weighted by atomic mass is 32.3. The molecule has 1 amide bonds. The van der Waals surface area contributed by atoms with Crippen molar-refractivity contribution in [1.82, 2.24) is 9.62 Å². The molecule has 0 unspecified atom stereocenters. The van der Waals surface area contributed by atoms with Gasteiger partial charge in [-0.3, -0.25) is 18.2 Å². The van der Waals surface area contributed by atoms with Gasteiger partial charge in [0.15, 0.2) is 0 Å². The number of carbonyl (C=O) groups excluding carboxylic acids is 1. The van der Waals surface area contributed by atoms with Crippen molar-refractivity contribution in [2.24, 2.45) is 23.7 Å². The number of nitrogens with one attached hydrogen (secondary N) is 1. The van der Waals surface area contributed by atoms with Crippen molar-refractivity contribution in [2.45, 2.75) is 51.5 Å². The van der Waals surface area contributed by atoms with E-state index in [2.05, 4.69) is 5.32 Å². The largest absolute Gasteiger partial charge is 0.352 e. The Hall–Kier alpha value is -1.28. The third kappa shape index (κ3) is 3.67. The van der Waals surface area contributed by atoms with E-state index in [1.54, 1.807) is 8.61 Å². The van der Waals surface area contributed by atoms with E-state index in [0.29, 0.717) is 24.9 Å². The normalized spacial score (nSPS) is 36.8. The number of benzene rings is 1. The molecule has 1 aromatic carbocycles. The summed E-state index contributed by atoms with van der Waals surface area (Å²) in [6, 6.07) is 8.07. The van der Waals surface area contributed by atoms with Crippen molar-refractivity contribution in [1.29, 1.82) is 0 Å². The Morgan fingerprint density at radius 1 is 1.03 bits per heavy atom. The second-order valence-corrected chi connectivity index (χ2v) is 11.6. The lowest BCUT2D eigenvalue weighted by molar-refractivity contribution is -0.125. The lowest BCUT2D eigenvalue weighted by Crippen LogP contribution is -2.57. The van der Waals surface area contributed by atoms with Crippen LogP contribution in [0.1, 0.15) is 44.1 Å². The van der Waals surface area contributed by atoms with Gasteiger partial charge in [-0.2, -0.15) is 4.31 Å². The summed E-state index contributed by atoms with van der Waals surface area (Å²) in [5.74, 6) is 2.95. The summed E-state index contributed by atoms with van der Waals surface area (Å²) in [5.41, 5.74) is 1.93. The summed E-state index contributed by atoms with van der Waals surface area (Å²) in [7, 11) is -3.18. The van der Waals surface area contributed by atoms with Gasteiger partial charge >= 0.3 is 0 Å². The van der Waals surface area contributed by atoms with Gasteiger partial charge in [0.1, 0.15) is 0 Å². The van der Waals surface area contributed by atoms with Gasteiger partial charge in [0, 0.05) is 19.1 Å². The first-order chi connectivity index (χ1) is 13.9. The van der Waals surface area contributed by atoms with Crippen molar-refractivity contribution in [3.63, 3.8) is 0 Å². The van der Waals surface area contributed by atoms with E-state index in [-0.39, 0.29) is 18.5 Å². The molecule has 1 aromatic rings. The molecule has 160 valence electrons. The monoisotopic (exact) mass is 419 g/mol. The summed E-state index contributed by atoms with van der Waals surface area (Å²) < 4.78 is 25.2. The fourth-order valence-electron chi connectivity index (χ4n) is 6.47. The van der Waals surface area contributed by atoms with Crippen LogP contribution in [0.2, 0.25) is 0 Å². The molecule has 5 aliphatic rings. The van der Waals surface area contributed by atoms with Crippen molar-refractivity contribution < 1.29 is 13.9 Å². The SMILES string of the molecule is Cc1ccc(N2CCCN(CC(=O)NC3C4CC5CC(C4)CC3C5)S2(O)O)cc1. The predicted molar refractivity (Wildman–Crippen MR) is 117 cm³/mol. The van der Waals surface area contributed by atoms with Crippen LogP contribution in [0.3, 0.4) is 0 Å².